The molecular weight excluding hydrogens is 232 g/mol. The summed E-state index contributed by atoms with van der Waals surface area (Å²) in [4.78, 5) is 15.9. The molecule has 1 atom stereocenters. The van der Waals surface area contributed by atoms with Crippen LogP contribution >= 0.6 is 0 Å². The Morgan fingerprint density at radius 2 is 2.39 bits per heavy atom. The number of aliphatic hydroxyl groups excluding tert-OH is 1. The van der Waals surface area contributed by atoms with Crippen molar-refractivity contribution < 1.29 is 9.90 Å². The van der Waals surface area contributed by atoms with Gasteiger partial charge in [-0.2, -0.15) is 5.10 Å². The van der Waals surface area contributed by atoms with Crippen molar-refractivity contribution in [2.24, 2.45) is 0 Å². The third-order valence-corrected chi connectivity index (χ3v) is 2.80. The summed E-state index contributed by atoms with van der Waals surface area (Å²) in [5.74, 6) is -0.193. The first-order valence-electron chi connectivity index (χ1n) is 5.96. The predicted molar refractivity (Wildman–Crippen MR) is 66.2 cm³/mol. The Morgan fingerprint density at radius 3 is 3.17 bits per heavy atom. The van der Waals surface area contributed by atoms with E-state index in [1.807, 2.05) is 6.92 Å². The third kappa shape index (κ3) is 2.65. The summed E-state index contributed by atoms with van der Waals surface area (Å²) in [6.07, 6.45) is 7.30. The van der Waals surface area contributed by atoms with E-state index in [4.69, 9.17) is 0 Å². The molecule has 6 heteroatoms. The van der Waals surface area contributed by atoms with Crippen LogP contribution in [0.2, 0.25) is 0 Å². The van der Waals surface area contributed by atoms with Crippen molar-refractivity contribution in [2.75, 3.05) is 6.54 Å². The molecule has 0 spiro atoms. The van der Waals surface area contributed by atoms with Gasteiger partial charge in [0.1, 0.15) is 0 Å². The molecule has 0 aliphatic carbocycles. The zero-order chi connectivity index (χ0) is 13.0. The fourth-order valence-electron chi connectivity index (χ4n) is 1.66. The Kier molecular flexibility index (Phi) is 3.88. The van der Waals surface area contributed by atoms with Crippen LogP contribution in [0.1, 0.15) is 30.1 Å². The number of amides is 1. The van der Waals surface area contributed by atoms with Crippen LogP contribution in [0.15, 0.2) is 24.8 Å². The van der Waals surface area contributed by atoms with Crippen molar-refractivity contribution in [1.29, 1.82) is 0 Å². The molecular formula is C12H16N4O2. The van der Waals surface area contributed by atoms with Crippen LogP contribution in [-0.4, -0.2) is 38.3 Å². The first kappa shape index (κ1) is 12.5. The highest BCUT2D eigenvalue weighted by Crippen LogP contribution is 2.08. The van der Waals surface area contributed by atoms with Gasteiger partial charge in [0.25, 0.3) is 5.91 Å². The smallest absolute Gasteiger partial charge is 0.255 e. The van der Waals surface area contributed by atoms with Gasteiger partial charge in [-0.25, -0.2) is 4.52 Å². The minimum atomic E-state index is -0.365. The number of fused-ring (bicyclic) bond motifs is 1. The highest BCUT2D eigenvalue weighted by molar-refractivity contribution is 6.00. The molecule has 0 fully saturated rings. The highest BCUT2D eigenvalue weighted by atomic mass is 16.3. The molecule has 0 radical (unpaired) electrons. The molecule has 0 saturated carbocycles. The number of hydrogen-bond acceptors (Lipinski definition) is 4. The van der Waals surface area contributed by atoms with E-state index in [0.29, 0.717) is 30.5 Å². The summed E-state index contributed by atoms with van der Waals surface area (Å²) in [7, 11) is 0. The summed E-state index contributed by atoms with van der Waals surface area (Å²) in [6, 6.07) is 0. The number of nitrogens with zero attached hydrogens (tertiary/aromatic N) is 3. The standard InChI is InChI=1S/C12H16N4O2/c1-2-9(17)3-4-14-12(18)10-7-15-16-6-5-13-8-11(10)16/h5-9,17H,2-4H2,1H3,(H,14,18). The molecule has 2 aromatic rings. The molecule has 1 unspecified atom stereocenters. The van der Waals surface area contributed by atoms with Gasteiger partial charge in [-0.15, -0.1) is 0 Å². The lowest BCUT2D eigenvalue weighted by molar-refractivity contribution is 0.0943. The lowest BCUT2D eigenvalue weighted by Gasteiger charge is -2.08. The van der Waals surface area contributed by atoms with Crippen LogP contribution in [-0.2, 0) is 0 Å². The highest BCUT2D eigenvalue weighted by Gasteiger charge is 2.12. The molecule has 2 aromatic heterocycles. The van der Waals surface area contributed by atoms with Gasteiger partial charge < -0.3 is 10.4 Å². The first-order chi connectivity index (χ1) is 8.72. The molecule has 0 saturated heterocycles. The van der Waals surface area contributed by atoms with E-state index >= 15 is 0 Å². The maximum Gasteiger partial charge on any atom is 0.255 e. The fourth-order valence-corrected chi connectivity index (χ4v) is 1.66. The minimum Gasteiger partial charge on any atom is -0.393 e. The van der Waals surface area contributed by atoms with E-state index in [2.05, 4.69) is 15.4 Å². The van der Waals surface area contributed by atoms with Gasteiger partial charge in [-0.1, -0.05) is 6.92 Å². The second-order valence-electron chi connectivity index (χ2n) is 4.07. The van der Waals surface area contributed by atoms with E-state index in [1.165, 1.54) is 6.20 Å². The van der Waals surface area contributed by atoms with Crippen LogP contribution in [0.25, 0.3) is 5.52 Å². The molecule has 0 aliphatic rings. The third-order valence-electron chi connectivity index (χ3n) is 2.80. The van der Waals surface area contributed by atoms with Gasteiger partial charge in [-0.3, -0.25) is 9.78 Å². The summed E-state index contributed by atoms with van der Waals surface area (Å²) in [5, 5.41) is 16.2. The zero-order valence-electron chi connectivity index (χ0n) is 10.2. The fraction of sp³-hybridized carbons (Fsp3) is 0.417. The molecule has 2 rings (SSSR count). The lowest BCUT2D eigenvalue weighted by Crippen LogP contribution is -2.26. The summed E-state index contributed by atoms with van der Waals surface area (Å²) >= 11 is 0. The molecule has 2 N–H and O–H groups in total. The minimum absolute atomic E-state index is 0.193. The van der Waals surface area contributed by atoms with E-state index in [0.717, 1.165) is 0 Å². The van der Waals surface area contributed by atoms with Crippen LogP contribution in [0, 0.1) is 0 Å². The molecule has 1 amide bonds. The molecule has 0 aliphatic heterocycles. The normalized spacial score (nSPS) is 12.6. The Balaban J connectivity index is 2.01. The molecule has 96 valence electrons. The first-order valence-corrected chi connectivity index (χ1v) is 5.96. The van der Waals surface area contributed by atoms with E-state index in [1.54, 1.807) is 23.1 Å². The predicted octanol–water partition coefficient (Wildman–Crippen LogP) is 0.620. The van der Waals surface area contributed by atoms with Crippen molar-refractivity contribution in [2.45, 2.75) is 25.9 Å². The van der Waals surface area contributed by atoms with Gasteiger partial charge in [0.05, 0.1) is 29.6 Å². The Morgan fingerprint density at radius 1 is 1.56 bits per heavy atom. The monoisotopic (exact) mass is 248 g/mol. The number of aliphatic hydroxyl groups is 1. The van der Waals surface area contributed by atoms with E-state index in [9.17, 15) is 9.90 Å². The second-order valence-corrected chi connectivity index (χ2v) is 4.07. The van der Waals surface area contributed by atoms with Crippen molar-refractivity contribution in [1.82, 2.24) is 19.9 Å². The number of carbonyl (C=O) groups excluding carboxylic acids is 1. The Bertz CT molecular complexity index is 538. The number of aromatic nitrogens is 3. The molecule has 0 bridgehead atoms. The van der Waals surface area contributed by atoms with Gasteiger partial charge >= 0.3 is 0 Å². The van der Waals surface area contributed by atoms with E-state index < -0.39 is 0 Å². The Hall–Kier alpha value is -1.95. The summed E-state index contributed by atoms with van der Waals surface area (Å²) in [6.45, 7) is 2.36. The largest absolute Gasteiger partial charge is 0.393 e. The lowest BCUT2D eigenvalue weighted by atomic mass is 10.2. The second kappa shape index (κ2) is 5.59. The van der Waals surface area contributed by atoms with Gasteiger partial charge in [0.2, 0.25) is 0 Å². The average molecular weight is 248 g/mol. The van der Waals surface area contributed by atoms with Crippen LogP contribution in [0.5, 0.6) is 0 Å². The van der Waals surface area contributed by atoms with Crippen molar-refractivity contribution >= 4 is 11.4 Å². The zero-order valence-corrected chi connectivity index (χ0v) is 10.2. The van der Waals surface area contributed by atoms with Gasteiger partial charge in [0, 0.05) is 18.9 Å². The van der Waals surface area contributed by atoms with Gasteiger partial charge in [-0.05, 0) is 12.8 Å². The van der Waals surface area contributed by atoms with Crippen molar-refractivity contribution in [3.05, 3.63) is 30.4 Å². The van der Waals surface area contributed by atoms with E-state index in [-0.39, 0.29) is 12.0 Å². The summed E-state index contributed by atoms with van der Waals surface area (Å²) in [5.41, 5.74) is 1.17. The number of rotatable bonds is 5. The molecule has 6 nitrogen and oxygen atoms in total. The quantitative estimate of drug-likeness (QED) is 0.813. The average Bonchev–Trinajstić information content (AvgIpc) is 2.82. The maximum atomic E-state index is 11.9. The molecule has 2 heterocycles. The number of nitrogens with one attached hydrogen (secondary N) is 1. The van der Waals surface area contributed by atoms with Crippen molar-refractivity contribution in [3.8, 4) is 0 Å². The molecule has 18 heavy (non-hydrogen) atoms. The van der Waals surface area contributed by atoms with Crippen LogP contribution < -0.4 is 5.32 Å². The van der Waals surface area contributed by atoms with Crippen molar-refractivity contribution in [3.63, 3.8) is 0 Å². The molecule has 0 aromatic carbocycles. The number of hydrogen-bond donors (Lipinski definition) is 2. The van der Waals surface area contributed by atoms with Crippen LogP contribution in [0.4, 0.5) is 0 Å². The summed E-state index contributed by atoms with van der Waals surface area (Å²) < 4.78 is 1.60. The maximum absolute atomic E-state index is 11.9. The Labute approximate surface area is 105 Å². The van der Waals surface area contributed by atoms with Gasteiger partial charge in [0.15, 0.2) is 0 Å². The van der Waals surface area contributed by atoms with Crippen LogP contribution in [0.3, 0.4) is 0 Å². The topological polar surface area (TPSA) is 79.5 Å². The number of carbonyl (C=O) groups is 1. The SMILES string of the molecule is CCC(O)CCNC(=O)c1cnn2ccncc12.